The molecule has 6 nitrogen and oxygen atoms in total. The van der Waals surface area contributed by atoms with Gasteiger partial charge in [-0.05, 0) is 54.1 Å². The van der Waals surface area contributed by atoms with Crippen LogP contribution >= 0.6 is 11.8 Å². The van der Waals surface area contributed by atoms with Gasteiger partial charge in [-0.3, -0.25) is 4.79 Å². The maximum atomic E-state index is 12.6. The lowest BCUT2D eigenvalue weighted by atomic mass is 10.1. The number of nitrogens with one attached hydrogen (secondary N) is 1. The lowest BCUT2D eigenvalue weighted by Gasteiger charge is -2.22. The van der Waals surface area contributed by atoms with Crippen molar-refractivity contribution in [1.29, 1.82) is 0 Å². The Morgan fingerprint density at radius 2 is 1.90 bits per heavy atom. The van der Waals surface area contributed by atoms with Crippen molar-refractivity contribution in [2.24, 2.45) is 4.40 Å². The molecule has 4 rings (SSSR count). The molecule has 2 aliphatic heterocycles. The minimum absolute atomic E-state index is 0.0529. The van der Waals surface area contributed by atoms with Crippen LogP contribution in [0.1, 0.15) is 21.5 Å². The number of halogens is 3. The fourth-order valence-electron chi connectivity index (χ4n) is 3.15. The van der Waals surface area contributed by atoms with Crippen molar-refractivity contribution in [3.05, 3.63) is 59.2 Å². The topological polar surface area (TPSA) is 78.8 Å². The summed E-state index contributed by atoms with van der Waals surface area (Å²) in [6, 6.07) is 9.92. The van der Waals surface area contributed by atoms with E-state index < -0.39 is 21.8 Å². The van der Waals surface area contributed by atoms with Gasteiger partial charge in [-0.2, -0.15) is 13.2 Å². The molecule has 0 aromatic heterocycles. The minimum Gasteiger partial charge on any atom is -0.352 e. The number of hydrogen-bond donors (Lipinski definition) is 1. The number of sulfonamides is 1. The highest BCUT2D eigenvalue weighted by atomic mass is 32.2. The summed E-state index contributed by atoms with van der Waals surface area (Å²) in [6.45, 7) is 0.589. The smallest absolute Gasteiger partial charge is 0.352 e. The summed E-state index contributed by atoms with van der Waals surface area (Å²) < 4.78 is 64.9. The lowest BCUT2D eigenvalue weighted by molar-refractivity contribution is -0.137. The molecule has 0 saturated heterocycles. The number of anilines is 1. The molecule has 2 aliphatic rings. The van der Waals surface area contributed by atoms with Crippen LogP contribution in [0, 0.1) is 0 Å². The van der Waals surface area contributed by atoms with Crippen molar-refractivity contribution in [1.82, 2.24) is 5.32 Å². The Morgan fingerprint density at radius 1 is 1.17 bits per heavy atom. The van der Waals surface area contributed by atoms with E-state index in [4.69, 9.17) is 0 Å². The first-order chi connectivity index (χ1) is 14.1. The summed E-state index contributed by atoms with van der Waals surface area (Å²) in [4.78, 5) is 15.0. The van der Waals surface area contributed by atoms with Crippen molar-refractivity contribution in [3.8, 4) is 0 Å². The summed E-state index contributed by atoms with van der Waals surface area (Å²) in [5.41, 5.74) is 1.20. The molecule has 1 amide bonds. The zero-order valence-corrected chi connectivity index (χ0v) is 17.1. The highest BCUT2D eigenvalue weighted by Crippen LogP contribution is 2.42. The Morgan fingerprint density at radius 3 is 2.60 bits per heavy atom. The van der Waals surface area contributed by atoms with E-state index in [2.05, 4.69) is 9.71 Å². The van der Waals surface area contributed by atoms with Crippen LogP contribution in [0.5, 0.6) is 0 Å². The number of thioether (sulfide) groups is 1. The first kappa shape index (κ1) is 20.7. The fraction of sp³-hybridized carbons (Fsp3) is 0.263. The van der Waals surface area contributed by atoms with Gasteiger partial charge < -0.3 is 10.2 Å². The molecule has 0 bridgehead atoms. The summed E-state index contributed by atoms with van der Waals surface area (Å²) in [5, 5.41) is 3.13. The van der Waals surface area contributed by atoms with Gasteiger partial charge >= 0.3 is 6.18 Å². The molecule has 2 aromatic rings. The predicted molar refractivity (Wildman–Crippen MR) is 108 cm³/mol. The van der Waals surface area contributed by atoms with Gasteiger partial charge in [0.2, 0.25) is 0 Å². The molecule has 0 saturated carbocycles. The van der Waals surface area contributed by atoms with E-state index in [0.717, 1.165) is 22.7 Å². The average molecular weight is 455 g/mol. The molecule has 0 aliphatic carbocycles. The Hall–Kier alpha value is -2.53. The van der Waals surface area contributed by atoms with Crippen molar-refractivity contribution < 1.29 is 26.4 Å². The molecule has 158 valence electrons. The van der Waals surface area contributed by atoms with E-state index in [9.17, 15) is 26.4 Å². The number of carbonyl (C=O) groups is 1. The lowest BCUT2D eigenvalue weighted by Crippen LogP contribution is -2.35. The van der Waals surface area contributed by atoms with E-state index in [0.29, 0.717) is 29.3 Å². The van der Waals surface area contributed by atoms with Gasteiger partial charge in [0.05, 0.1) is 17.0 Å². The fourth-order valence-corrected chi connectivity index (χ4v) is 5.45. The maximum Gasteiger partial charge on any atom is 0.416 e. The zero-order valence-electron chi connectivity index (χ0n) is 15.4. The number of amides is 1. The van der Waals surface area contributed by atoms with E-state index in [1.54, 1.807) is 18.2 Å². The SMILES string of the molecule is O=C(NCCc1ccc(C(F)(F)F)cc1)c1ccc2c(c1)SC1=NS(=O)(=O)CCN12. The van der Waals surface area contributed by atoms with Crippen LogP contribution in [-0.4, -0.2) is 38.3 Å². The van der Waals surface area contributed by atoms with E-state index in [-0.39, 0.29) is 18.2 Å². The van der Waals surface area contributed by atoms with Gasteiger partial charge in [0, 0.05) is 23.5 Å². The molecule has 30 heavy (non-hydrogen) atoms. The van der Waals surface area contributed by atoms with Crippen molar-refractivity contribution >= 4 is 38.5 Å². The molecule has 11 heteroatoms. The zero-order chi connectivity index (χ0) is 21.5. The predicted octanol–water partition coefficient (Wildman–Crippen LogP) is 3.29. The van der Waals surface area contributed by atoms with Crippen LogP contribution in [0.2, 0.25) is 0 Å². The second-order valence-corrected chi connectivity index (χ2v) is 9.56. The molecular weight excluding hydrogens is 439 g/mol. The first-order valence-electron chi connectivity index (χ1n) is 8.99. The maximum absolute atomic E-state index is 12.6. The quantitative estimate of drug-likeness (QED) is 0.766. The van der Waals surface area contributed by atoms with Crippen molar-refractivity contribution in [2.45, 2.75) is 17.5 Å². The van der Waals surface area contributed by atoms with Crippen LogP contribution in [0.3, 0.4) is 0 Å². The monoisotopic (exact) mass is 455 g/mol. The number of nitrogens with zero attached hydrogens (tertiary/aromatic N) is 2. The average Bonchev–Trinajstić information content (AvgIpc) is 3.02. The number of fused-ring (bicyclic) bond motifs is 3. The van der Waals surface area contributed by atoms with Gasteiger partial charge in [0.1, 0.15) is 0 Å². The third-order valence-electron chi connectivity index (χ3n) is 4.72. The minimum atomic E-state index is -4.37. The number of rotatable bonds is 4. The third-order valence-corrected chi connectivity index (χ3v) is 7.02. The molecule has 2 aromatic carbocycles. The number of alkyl halides is 3. The highest BCUT2D eigenvalue weighted by Gasteiger charge is 2.33. The number of carbonyl (C=O) groups excluding carboxylic acids is 1. The number of amidine groups is 1. The number of benzene rings is 2. The van der Waals surface area contributed by atoms with Gasteiger partial charge in [0.25, 0.3) is 15.9 Å². The highest BCUT2D eigenvalue weighted by molar-refractivity contribution is 8.15. The molecule has 0 fully saturated rings. The van der Waals surface area contributed by atoms with Crippen LogP contribution in [0.4, 0.5) is 18.9 Å². The number of hydrogen-bond acceptors (Lipinski definition) is 5. The van der Waals surface area contributed by atoms with E-state index >= 15 is 0 Å². The van der Waals surface area contributed by atoms with Gasteiger partial charge in [-0.15, -0.1) is 4.40 Å². The standard InChI is InChI=1S/C19H16F3N3O3S2/c20-19(21,22)14-4-1-12(2-5-14)7-8-23-17(26)13-3-6-15-16(11-13)29-18-24-30(27,28)10-9-25(15)18/h1-6,11H,7-10H2,(H,23,26). The summed E-state index contributed by atoms with van der Waals surface area (Å²) in [5.74, 6) is -0.368. The summed E-state index contributed by atoms with van der Waals surface area (Å²) in [7, 11) is -3.45. The Kier molecular flexibility index (Phi) is 5.27. The second-order valence-electron chi connectivity index (χ2n) is 6.80. The van der Waals surface area contributed by atoms with Crippen molar-refractivity contribution in [2.75, 3.05) is 23.7 Å². The van der Waals surface area contributed by atoms with Gasteiger partial charge in [-0.1, -0.05) is 12.1 Å². The summed E-state index contributed by atoms with van der Waals surface area (Å²) >= 11 is 1.20. The Bertz CT molecular complexity index is 1130. The first-order valence-corrected chi connectivity index (χ1v) is 11.4. The molecule has 1 N–H and O–H groups in total. The van der Waals surface area contributed by atoms with Gasteiger partial charge in [-0.25, -0.2) is 8.42 Å². The third kappa shape index (κ3) is 4.31. The van der Waals surface area contributed by atoms with Crippen molar-refractivity contribution in [3.63, 3.8) is 0 Å². The molecule has 0 spiro atoms. The summed E-state index contributed by atoms with van der Waals surface area (Å²) in [6.07, 6.45) is -3.98. The Labute approximate surface area is 175 Å². The van der Waals surface area contributed by atoms with Crippen LogP contribution in [-0.2, 0) is 22.6 Å². The molecule has 0 radical (unpaired) electrons. The van der Waals surface area contributed by atoms with Crippen LogP contribution in [0.15, 0.2) is 51.8 Å². The van der Waals surface area contributed by atoms with Crippen LogP contribution in [0.25, 0.3) is 0 Å². The normalized spacial score (nSPS) is 17.2. The Balaban J connectivity index is 1.38. The molecular formula is C19H16F3N3O3S2. The van der Waals surface area contributed by atoms with Gasteiger partial charge in [0.15, 0.2) is 5.17 Å². The van der Waals surface area contributed by atoms with E-state index in [1.807, 2.05) is 4.90 Å². The second kappa shape index (κ2) is 7.62. The van der Waals surface area contributed by atoms with Crippen LogP contribution < -0.4 is 10.2 Å². The largest absolute Gasteiger partial charge is 0.416 e. The molecule has 0 atom stereocenters. The molecule has 0 unspecified atom stereocenters. The van der Waals surface area contributed by atoms with E-state index in [1.165, 1.54) is 23.9 Å². The molecule has 2 heterocycles.